The first-order valence-electron chi connectivity index (χ1n) is 7.50. The van der Waals surface area contributed by atoms with E-state index in [9.17, 15) is 13.8 Å². The monoisotopic (exact) mass is 361 g/mol. The van der Waals surface area contributed by atoms with Gasteiger partial charge in [-0.3, -0.25) is 9.00 Å². The van der Waals surface area contributed by atoms with Crippen molar-refractivity contribution in [3.63, 3.8) is 0 Å². The van der Waals surface area contributed by atoms with E-state index >= 15 is 0 Å². The SMILES string of the molecule is COc1ccc(NC(=O)[C@@H](C)OC(=O)c2ccccc2[S@](C)=O)cc1. The average molecular weight is 361 g/mol. The van der Waals surface area contributed by atoms with Crippen LogP contribution in [-0.4, -0.2) is 35.6 Å². The lowest BCUT2D eigenvalue weighted by atomic mass is 10.2. The van der Waals surface area contributed by atoms with Gasteiger partial charge in [0.05, 0.1) is 28.4 Å². The van der Waals surface area contributed by atoms with E-state index in [1.807, 2.05) is 0 Å². The van der Waals surface area contributed by atoms with Gasteiger partial charge >= 0.3 is 5.97 Å². The molecule has 0 bridgehead atoms. The summed E-state index contributed by atoms with van der Waals surface area (Å²) < 4.78 is 21.9. The maximum absolute atomic E-state index is 12.3. The van der Waals surface area contributed by atoms with Crippen molar-refractivity contribution in [1.82, 2.24) is 0 Å². The van der Waals surface area contributed by atoms with Gasteiger partial charge in [-0.15, -0.1) is 0 Å². The molecule has 0 saturated heterocycles. The van der Waals surface area contributed by atoms with Gasteiger partial charge in [-0.1, -0.05) is 12.1 Å². The number of benzene rings is 2. The number of anilines is 1. The molecule has 1 amide bonds. The summed E-state index contributed by atoms with van der Waals surface area (Å²) in [6.45, 7) is 1.47. The van der Waals surface area contributed by atoms with Crippen LogP contribution in [0.5, 0.6) is 5.75 Å². The molecular formula is C18H19NO5S. The van der Waals surface area contributed by atoms with Crippen LogP contribution in [0.2, 0.25) is 0 Å². The standard InChI is InChI=1S/C18H19NO5S/c1-12(17(20)19-13-8-10-14(23-2)11-9-13)24-18(21)15-6-4-5-7-16(15)25(3)22/h4-12H,1-3H3,(H,19,20)/t12-,25+/m1/s1. The summed E-state index contributed by atoms with van der Waals surface area (Å²) >= 11 is 0. The zero-order valence-electron chi connectivity index (χ0n) is 14.1. The van der Waals surface area contributed by atoms with Crippen LogP contribution in [0.4, 0.5) is 5.69 Å². The molecule has 2 aromatic rings. The lowest BCUT2D eigenvalue weighted by molar-refractivity contribution is -0.123. The molecule has 25 heavy (non-hydrogen) atoms. The molecule has 2 atom stereocenters. The van der Waals surface area contributed by atoms with E-state index in [1.54, 1.807) is 49.6 Å². The molecule has 0 aromatic heterocycles. The highest BCUT2D eigenvalue weighted by molar-refractivity contribution is 7.84. The van der Waals surface area contributed by atoms with Gasteiger partial charge in [0, 0.05) is 11.9 Å². The molecule has 2 rings (SSSR count). The Bertz CT molecular complexity index is 788. The predicted molar refractivity (Wildman–Crippen MR) is 95.3 cm³/mol. The van der Waals surface area contributed by atoms with E-state index in [4.69, 9.17) is 9.47 Å². The zero-order valence-corrected chi connectivity index (χ0v) is 15.0. The Morgan fingerprint density at radius 3 is 2.32 bits per heavy atom. The molecule has 6 nitrogen and oxygen atoms in total. The van der Waals surface area contributed by atoms with Crippen molar-refractivity contribution in [2.24, 2.45) is 0 Å². The summed E-state index contributed by atoms with van der Waals surface area (Å²) in [5.74, 6) is -0.488. The number of amides is 1. The first-order valence-corrected chi connectivity index (χ1v) is 9.06. The van der Waals surface area contributed by atoms with E-state index in [-0.39, 0.29) is 5.56 Å². The van der Waals surface area contributed by atoms with Gasteiger partial charge in [0.1, 0.15) is 5.75 Å². The first kappa shape index (κ1) is 18.7. The third-order valence-corrected chi connectivity index (χ3v) is 4.40. The van der Waals surface area contributed by atoms with Crippen LogP contribution in [0, 0.1) is 0 Å². The molecule has 2 aromatic carbocycles. The minimum Gasteiger partial charge on any atom is -0.497 e. The second-order valence-electron chi connectivity index (χ2n) is 5.22. The Balaban J connectivity index is 2.03. The number of hydrogen-bond donors (Lipinski definition) is 1. The maximum Gasteiger partial charge on any atom is 0.340 e. The van der Waals surface area contributed by atoms with Gasteiger partial charge in [-0.25, -0.2) is 4.79 Å². The van der Waals surface area contributed by atoms with Crippen LogP contribution >= 0.6 is 0 Å². The molecule has 132 valence electrons. The van der Waals surface area contributed by atoms with Crippen LogP contribution < -0.4 is 10.1 Å². The molecule has 0 radical (unpaired) electrons. The van der Waals surface area contributed by atoms with Crippen molar-refractivity contribution >= 4 is 28.4 Å². The van der Waals surface area contributed by atoms with Crippen LogP contribution in [0.1, 0.15) is 17.3 Å². The smallest absolute Gasteiger partial charge is 0.340 e. The van der Waals surface area contributed by atoms with Crippen LogP contribution in [-0.2, 0) is 20.3 Å². The molecule has 0 spiro atoms. The Morgan fingerprint density at radius 2 is 1.72 bits per heavy atom. The van der Waals surface area contributed by atoms with Crippen molar-refractivity contribution in [1.29, 1.82) is 0 Å². The van der Waals surface area contributed by atoms with E-state index in [0.717, 1.165) is 0 Å². The van der Waals surface area contributed by atoms with Crippen molar-refractivity contribution in [2.75, 3.05) is 18.7 Å². The predicted octanol–water partition coefficient (Wildman–Crippen LogP) is 2.62. The number of esters is 1. The lowest BCUT2D eigenvalue weighted by Gasteiger charge is -2.14. The van der Waals surface area contributed by atoms with Crippen LogP contribution in [0.15, 0.2) is 53.4 Å². The number of methoxy groups -OCH3 is 1. The Labute approximate surface area is 148 Å². The van der Waals surface area contributed by atoms with Crippen molar-refractivity contribution in [2.45, 2.75) is 17.9 Å². The van der Waals surface area contributed by atoms with Crippen molar-refractivity contribution < 1.29 is 23.3 Å². The summed E-state index contributed by atoms with van der Waals surface area (Å²) in [6.07, 6.45) is 0.472. The summed E-state index contributed by atoms with van der Waals surface area (Å²) in [5, 5.41) is 2.66. The molecule has 1 N–H and O–H groups in total. The van der Waals surface area contributed by atoms with E-state index in [0.29, 0.717) is 16.3 Å². The number of ether oxygens (including phenoxy) is 2. The zero-order chi connectivity index (χ0) is 18.4. The molecule has 0 unspecified atom stereocenters. The molecule has 0 saturated carbocycles. The van der Waals surface area contributed by atoms with E-state index in [1.165, 1.54) is 19.2 Å². The van der Waals surface area contributed by atoms with Crippen molar-refractivity contribution in [3.8, 4) is 5.75 Å². The molecule has 0 aliphatic carbocycles. The fraction of sp³-hybridized carbons (Fsp3) is 0.222. The minimum absolute atomic E-state index is 0.187. The second kappa shape index (κ2) is 8.43. The highest BCUT2D eigenvalue weighted by Crippen LogP contribution is 2.17. The Kier molecular flexibility index (Phi) is 6.30. The van der Waals surface area contributed by atoms with Crippen molar-refractivity contribution in [3.05, 3.63) is 54.1 Å². The third kappa shape index (κ3) is 4.90. The fourth-order valence-electron chi connectivity index (χ4n) is 2.08. The highest BCUT2D eigenvalue weighted by Gasteiger charge is 2.21. The Morgan fingerprint density at radius 1 is 1.08 bits per heavy atom. The fourth-order valence-corrected chi connectivity index (χ4v) is 2.81. The van der Waals surface area contributed by atoms with Crippen LogP contribution in [0.3, 0.4) is 0 Å². The number of carbonyl (C=O) groups excluding carboxylic acids is 2. The lowest BCUT2D eigenvalue weighted by Crippen LogP contribution is -2.30. The maximum atomic E-state index is 12.3. The van der Waals surface area contributed by atoms with Gasteiger partial charge in [0.2, 0.25) is 0 Å². The number of carbonyl (C=O) groups is 2. The van der Waals surface area contributed by atoms with Gasteiger partial charge in [-0.2, -0.15) is 0 Å². The molecule has 0 fully saturated rings. The third-order valence-electron chi connectivity index (χ3n) is 3.43. The molecule has 0 heterocycles. The normalized spacial score (nSPS) is 12.8. The largest absolute Gasteiger partial charge is 0.497 e. The van der Waals surface area contributed by atoms with E-state index in [2.05, 4.69) is 5.32 Å². The van der Waals surface area contributed by atoms with Gasteiger partial charge in [0.25, 0.3) is 5.91 Å². The first-order chi connectivity index (χ1) is 11.9. The highest BCUT2D eigenvalue weighted by atomic mass is 32.2. The molecular weight excluding hydrogens is 342 g/mol. The van der Waals surface area contributed by atoms with Gasteiger partial charge in [-0.05, 0) is 43.3 Å². The quantitative estimate of drug-likeness (QED) is 0.800. The number of rotatable bonds is 6. The average Bonchev–Trinajstić information content (AvgIpc) is 2.62. The number of nitrogens with one attached hydrogen (secondary N) is 1. The van der Waals surface area contributed by atoms with Crippen LogP contribution in [0.25, 0.3) is 0 Å². The Hall–Kier alpha value is -2.67. The van der Waals surface area contributed by atoms with E-state index < -0.39 is 28.8 Å². The summed E-state index contributed by atoms with van der Waals surface area (Å²) in [5.41, 5.74) is 0.746. The second-order valence-corrected chi connectivity index (χ2v) is 6.56. The van der Waals surface area contributed by atoms with Gasteiger partial charge < -0.3 is 14.8 Å². The topological polar surface area (TPSA) is 81.7 Å². The summed E-state index contributed by atoms with van der Waals surface area (Å²) in [6, 6.07) is 13.2. The van der Waals surface area contributed by atoms with Gasteiger partial charge in [0.15, 0.2) is 6.10 Å². The molecule has 0 aliphatic rings. The number of hydrogen-bond acceptors (Lipinski definition) is 5. The molecule has 0 aliphatic heterocycles. The molecule has 7 heteroatoms. The minimum atomic E-state index is -1.33. The summed E-state index contributed by atoms with van der Waals surface area (Å²) in [4.78, 5) is 24.8. The summed E-state index contributed by atoms with van der Waals surface area (Å²) in [7, 11) is 0.217.